The lowest BCUT2D eigenvalue weighted by Gasteiger charge is -2.16. The third kappa shape index (κ3) is 3.62. The van der Waals surface area contributed by atoms with Crippen molar-refractivity contribution >= 4 is 5.97 Å². The maximum absolute atomic E-state index is 12.8. The minimum Gasteiger partial charge on any atom is -0.469 e. The molecule has 0 aliphatic rings. The lowest BCUT2D eigenvalue weighted by Crippen LogP contribution is -2.18. The number of ether oxygens (including phenoxy) is 1. The van der Waals surface area contributed by atoms with Crippen LogP contribution in [0.15, 0.2) is 6.07 Å². The van der Waals surface area contributed by atoms with Gasteiger partial charge in [-0.15, -0.1) is 0 Å². The highest BCUT2D eigenvalue weighted by Crippen LogP contribution is 2.38. The number of hydrogen-bond donors (Lipinski definition) is 0. The van der Waals surface area contributed by atoms with E-state index in [2.05, 4.69) is 9.72 Å². The van der Waals surface area contributed by atoms with Gasteiger partial charge in [-0.05, 0) is 13.0 Å². The average molecular weight is 283 g/mol. The molecule has 1 heterocycles. The number of rotatable bonds is 3. The first-order chi connectivity index (χ1) is 8.66. The number of halogens is 5. The van der Waals surface area contributed by atoms with Crippen LogP contribution in [-0.4, -0.2) is 18.1 Å². The van der Waals surface area contributed by atoms with Crippen molar-refractivity contribution in [2.45, 2.75) is 25.9 Å². The number of aryl methyl sites for hydroxylation is 1. The smallest absolute Gasteiger partial charge is 0.418 e. The Morgan fingerprint density at radius 1 is 1.42 bits per heavy atom. The quantitative estimate of drug-likeness (QED) is 0.632. The zero-order valence-electron chi connectivity index (χ0n) is 10.0. The molecule has 0 saturated heterocycles. The van der Waals surface area contributed by atoms with Crippen molar-refractivity contribution < 1.29 is 31.5 Å². The number of esters is 1. The van der Waals surface area contributed by atoms with E-state index >= 15 is 0 Å². The van der Waals surface area contributed by atoms with E-state index in [4.69, 9.17) is 0 Å². The lowest BCUT2D eigenvalue weighted by molar-refractivity contribution is -0.142. The molecule has 0 spiro atoms. The van der Waals surface area contributed by atoms with Crippen LogP contribution in [0.2, 0.25) is 0 Å². The van der Waals surface area contributed by atoms with Crippen LogP contribution in [0, 0.1) is 6.92 Å². The highest BCUT2D eigenvalue weighted by Gasteiger charge is 2.39. The van der Waals surface area contributed by atoms with Crippen molar-refractivity contribution in [2.24, 2.45) is 0 Å². The normalized spacial score (nSPS) is 11.8. The number of nitrogens with zero attached hydrogens (tertiary/aromatic N) is 1. The molecular formula is C11H10F5NO2. The standard InChI is InChI=1S/C11H10F5NO2/c1-5-3-6(10(12)13)9(11(14,15)16)7(17-5)4-8(18)19-2/h3,10H,4H2,1-2H3. The van der Waals surface area contributed by atoms with Crippen LogP contribution in [0.25, 0.3) is 0 Å². The Balaban J connectivity index is 3.47. The Labute approximate surface area is 105 Å². The first-order valence-corrected chi connectivity index (χ1v) is 5.09. The van der Waals surface area contributed by atoms with Crippen LogP contribution in [0.3, 0.4) is 0 Å². The molecule has 3 nitrogen and oxygen atoms in total. The van der Waals surface area contributed by atoms with Crippen molar-refractivity contribution in [3.63, 3.8) is 0 Å². The third-order valence-electron chi connectivity index (χ3n) is 2.31. The molecule has 0 unspecified atom stereocenters. The molecule has 0 radical (unpaired) electrons. The molecule has 1 rings (SSSR count). The van der Waals surface area contributed by atoms with Crippen LogP contribution >= 0.6 is 0 Å². The van der Waals surface area contributed by atoms with E-state index in [-0.39, 0.29) is 5.69 Å². The van der Waals surface area contributed by atoms with E-state index in [0.717, 1.165) is 7.11 Å². The molecule has 19 heavy (non-hydrogen) atoms. The van der Waals surface area contributed by atoms with Gasteiger partial charge in [-0.25, -0.2) is 8.78 Å². The van der Waals surface area contributed by atoms with Crippen molar-refractivity contribution in [1.82, 2.24) is 4.98 Å². The Kier molecular flexibility index (Phi) is 4.43. The van der Waals surface area contributed by atoms with Gasteiger partial charge in [0.2, 0.25) is 0 Å². The second kappa shape index (κ2) is 5.50. The van der Waals surface area contributed by atoms with Crippen molar-refractivity contribution in [2.75, 3.05) is 7.11 Å². The molecule has 0 bridgehead atoms. The number of methoxy groups -OCH3 is 1. The SMILES string of the molecule is COC(=O)Cc1nc(C)cc(C(F)F)c1C(F)(F)F. The van der Waals surface area contributed by atoms with Gasteiger partial charge in [0.1, 0.15) is 0 Å². The molecule has 0 aromatic carbocycles. The first kappa shape index (κ1) is 15.3. The topological polar surface area (TPSA) is 39.2 Å². The van der Waals surface area contributed by atoms with Crippen LogP contribution in [0.1, 0.15) is 28.9 Å². The molecule has 106 valence electrons. The van der Waals surface area contributed by atoms with Gasteiger partial charge in [-0.3, -0.25) is 9.78 Å². The number of hydrogen-bond acceptors (Lipinski definition) is 3. The van der Waals surface area contributed by atoms with E-state index in [1.165, 1.54) is 6.92 Å². The fraction of sp³-hybridized carbons (Fsp3) is 0.455. The number of pyridine rings is 1. The number of aromatic nitrogens is 1. The highest BCUT2D eigenvalue weighted by molar-refractivity contribution is 5.72. The van der Waals surface area contributed by atoms with Gasteiger partial charge in [-0.1, -0.05) is 0 Å². The highest BCUT2D eigenvalue weighted by atomic mass is 19.4. The van der Waals surface area contributed by atoms with E-state index in [1.54, 1.807) is 0 Å². The van der Waals surface area contributed by atoms with Crippen molar-refractivity contribution in [3.8, 4) is 0 Å². The predicted octanol–water partition coefficient (Wildman–Crippen LogP) is 3.06. The fourth-order valence-corrected chi connectivity index (χ4v) is 1.60. The predicted molar refractivity (Wildman–Crippen MR) is 54.7 cm³/mol. The molecule has 0 aliphatic carbocycles. The van der Waals surface area contributed by atoms with Crippen LogP contribution in [-0.2, 0) is 22.1 Å². The molecule has 0 N–H and O–H groups in total. The summed E-state index contributed by atoms with van der Waals surface area (Å²) >= 11 is 0. The van der Waals surface area contributed by atoms with Gasteiger partial charge in [0.25, 0.3) is 6.43 Å². The van der Waals surface area contributed by atoms with Gasteiger partial charge in [0.05, 0.1) is 24.8 Å². The first-order valence-electron chi connectivity index (χ1n) is 5.09. The Morgan fingerprint density at radius 3 is 2.42 bits per heavy atom. The van der Waals surface area contributed by atoms with Crippen molar-refractivity contribution in [1.29, 1.82) is 0 Å². The maximum atomic E-state index is 12.8. The molecule has 0 fully saturated rings. The van der Waals surface area contributed by atoms with Crippen LogP contribution in [0.4, 0.5) is 22.0 Å². The summed E-state index contributed by atoms with van der Waals surface area (Å²) in [7, 11) is 0.986. The fourth-order valence-electron chi connectivity index (χ4n) is 1.60. The minimum atomic E-state index is -5.02. The summed E-state index contributed by atoms with van der Waals surface area (Å²) in [5.74, 6) is -0.983. The maximum Gasteiger partial charge on any atom is 0.418 e. The molecule has 8 heteroatoms. The Bertz CT molecular complexity index is 485. The summed E-state index contributed by atoms with van der Waals surface area (Å²) in [6, 6.07) is 0.661. The van der Waals surface area contributed by atoms with E-state index in [9.17, 15) is 26.7 Å². The largest absolute Gasteiger partial charge is 0.469 e. The average Bonchev–Trinajstić information content (AvgIpc) is 2.25. The zero-order valence-corrected chi connectivity index (χ0v) is 10.0. The van der Waals surface area contributed by atoms with E-state index in [0.29, 0.717) is 6.07 Å². The summed E-state index contributed by atoms with van der Waals surface area (Å²) in [5, 5.41) is 0. The van der Waals surface area contributed by atoms with Gasteiger partial charge in [-0.2, -0.15) is 13.2 Å². The molecule has 0 aliphatic heterocycles. The third-order valence-corrected chi connectivity index (χ3v) is 2.31. The molecule has 0 saturated carbocycles. The molecule has 1 aromatic rings. The summed E-state index contributed by atoms with van der Waals surface area (Å²) in [5.41, 5.74) is -3.53. The van der Waals surface area contributed by atoms with Crippen molar-refractivity contribution in [3.05, 3.63) is 28.6 Å². The molecule has 1 aromatic heterocycles. The molecular weight excluding hydrogens is 273 g/mol. The number of carbonyl (C=O) groups excluding carboxylic acids is 1. The van der Waals surface area contributed by atoms with Gasteiger partial charge in [0.15, 0.2) is 0 Å². The molecule has 0 amide bonds. The second-order valence-corrected chi connectivity index (χ2v) is 3.73. The number of carbonyl (C=O) groups is 1. The van der Waals surface area contributed by atoms with E-state index < -0.39 is 41.8 Å². The molecule has 0 atom stereocenters. The minimum absolute atomic E-state index is 0.0257. The lowest BCUT2D eigenvalue weighted by atomic mass is 10.0. The summed E-state index contributed by atoms with van der Waals surface area (Å²) in [6.45, 7) is 1.27. The Morgan fingerprint density at radius 2 is 2.00 bits per heavy atom. The zero-order chi connectivity index (χ0) is 14.8. The second-order valence-electron chi connectivity index (χ2n) is 3.73. The van der Waals surface area contributed by atoms with Gasteiger partial charge < -0.3 is 4.74 Å². The Hall–Kier alpha value is -1.73. The monoisotopic (exact) mass is 283 g/mol. The van der Waals surface area contributed by atoms with Gasteiger partial charge in [0, 0.05) is 11.3 Å². The summed E-state index contributed by atoms with van der Waals surface area (Å²) in [4.78, 5) is 14.6. The number of alkyl halides is 5. The van der Waals surface area contributed by atoms with E-state index in [1.807, 2.05) is 0 Å². The summed E-state index contributed by atoms with van der Waals surface area (Å²) in [6.07, 6.45) is -9.14. The van der Waals surface area contributed by atoms with Crippen LogP contribution < -0.4 is 0 Å². The van der Waals surface area contributed by atoms with Crippen LogP contribution in [0.5, 0.6) is 0 Å². The van der Waals surface area contributed by atoms with Gasteiger partial charge >= 0.3 is 12.1 Å². The summed E-state index contributed by atoms with van der Waals surface area (Å²) < 4.78 is 68.1.